The first kappa shape index (κ1) is 17.8. The van der Waals surface area contributed by atoms with Crippen molar-refractivity contribution in [3.05, 3.63) is 60.3 Å². The van der Waals surface area contributed by atoms with E-state index in [2.05, 4.69) is 19.9 Å². The van der Waals surface area contributed by atoms with E-state index in [1.807, 2.05) is 0 Å². The van der Waals surface area contributed by atoms with Crippen LogP contribution in [0.15, 0.2) is 48.9 Å². The molecule has 0 saturated carbocycles. The average molecular weight is 370 g/mol. The summed E-state index contributed by atoms with van der Waals surface area (Å²) in [6.45, 7) is 0. The van der Waals surface area contributed by atoms with Crippen molar-refractivity contribution in [1.82, 2.24) is 19.9 Å². The number of hydrogen-bond acceptors (Lipinski definition) is 4. The molecule has 0 aliphatic carbocycles. The summed E-state index contributed by atoms with van der Waals surface area (Å²) in [5.41, 5.74) is -2.27. The molecule has 0 atom stereocenters. The molecule has 3 heterocycles. The van der Waals surface area contributed by atoms with E-state index in [1.165, 1.54) is 24.5 Å². The lowest BCUT2D eigenvalue weighted by Gasteiger charge is -2.11. The first-order valence-electron chi connectivity index (χ1n) is 7.05. The third kappa shape index (κ3) is 3.79. The van der Waals surface area contributed by atoms with Crippen LogP contribution in [0.4, 0.5) is 26.3 Å². The Bertz CT molecular complexity index is 905. The number of halogens is 6. The maximum Gasteiger partial charge on any atom is 0.433 e. The van der Waals surface area contributed by atoms with Gasteiger partial charge in [-0.25, -0.2) is 9.97 Å². The van der Waals surface area contributed by atoms with E-state index < -0.39 is 23.7 Å². The van der Waals surface area contributed by atoms with Gasteiger partial charge in [-0.2, -0.15) is 26.3 Å². The van der Waals surface area contributed by atoms with Gasteiger partial charge in [0.05, 0.1) is 5.69 Å². The monoisotopic (exact) mass is 370 g/mol. The Kier molecular flexibility index (Phi) is 4.34. The van der Waals surface area contributed by atoms with E-state index in [0.29, 0.717) is 12.1 Å². The standard InChI is InChI=1S/C16H8F6N4/c17-15(18,19)12-2-1-10(8-24-12)11-7-13(16(20,21)22)26-14(25-11)9-3-5-23-6-4-9/h1-8H. The van der Waals surface area contributed by atoms with E-state index in [1.54, 1.807) is 0 Å². The van der Waals surface area contributed by atoms with Crippen LogP contribution in [0.1, 0.15) is 11.4 Å². The summed E-state index contributed by atoms with van der Waals surface area (Å²) < 4.78 is 77.2. The Hall–Kier alpha value is -3.04. The molecule has 0 N–H and O–H groups in total. The van der Waals surface area contributed by atoms with Gasteiger partial charge in [0.15, 0.2) is 5.82 Å². The minimum absolute atomic E-state index is 0.00112. The number of rotatable bonds is 2. The molecule has 134 valence electrons. The molecule has 0 spiro atoms. The number of alkyl halides is 6. The highest BCUT2D eigenvalue weighted by Crippen LogP contribution is 2.33. The van der Waals surface area contributed by atoms with Gasteiger partial charge in [0.1, 0.15) is 11.4 Å². The van der Waals surface area contributed by atoms with Gasteiger partial charge in [0.2, 0.25) is 0 Å². The molecule has 26 heavy (non-hydrogen) atoms. The van der Waals surface area contributed by atoms with Gasteiger partial charge >= 0.3 is 12.4 Å². The predicted octanol–water partition coefficient (Wildman–Crippen LogP) is 4.64. The Morgan fingerprint density at radius 3 is 1.88 bits per heavy atom. The maximum absolute atomic E-state index is 13.1. The zero-order valence-corrected chi connectivity index (χ0v) is 12.7. The largest absolute Gasteiger partial charge is 0.433 e. The summed E-state index contributed by atoms with van der Waals surface area (Å²) in [5.74, 6) is -0.225. The van der Waals surface area contributed by atoms with Crippen LogP contribution in [0.5, 0.6) is 0 Å². The minimum Gasteiger partial charge on any atom is -0.265 e. The third-order valence-corrected chi connectivity index (χ3v) is 3.30. The topological polar surface area (TPSA) is 51.6 Å². The second kappa shape index (κ2) is 6.36. The molecule has 0 fully saturated rings. The predicted molar refractivity (Wildman–Crippen MR) is 78.5 cm³/mol. The molecule has 0 aliphatic heterocycles. The van der Waals surface area contributed by atoms with E-state index in [0.717, 1.165) is 12.3 Å². The molecule has 3 rings (SSSR count). The van der Waals surface area contributed by atoms with Crippen molar-refractivity contribution in [2.45, 2.75) is 12.4 Å². The summed E-state index contributed by atoms with van der Waals surface area (Å²) in [6.07, 6.45) is -5.86. The normalized spacial score (nSPS) is 12.2. The lowest BCUT2D eigenvalue weighted by Crippen LogP contribution is -2.11. The fourth-order valence-corrected chi connectivity index (χ4v) is 2.08. The molecule has 0 bridgehead atoms. The molecule has 3 aromatic heterocycles. The molecule has 0 amide bonds. The van der Waals surface area contributed by atoms with Gasteiger partial charge < -0.3 is 0 Å². The van der Waals surface area contributed by atoms with Gasteiger partial charge in [-0.1, -0.05) is 0 Å². The summed E-state index contributed by atoms with van der Waals surface area (Å²) in [7, 11) is 0. The van der Waals surface area contributed by atoms with Crippen molar-refractivity contribution < 1.29 is 26.3 Å². The van der Waals surface area contributed by atoms with Gasteiger partial charge in [-0.15, -0.1) is 0 Å². The van der Waals surface area contributed by atoms with Gasteiger partial charge in [0, 0.05) is 29.7 Å². The van der Waals surface area contributed by atoms with Crippen molar-refractivity contribution >= 4 is 0 Å². The van der Waals surface area contributed by atoms with Crippen molar-refractivity contribution in [2.75, 3.05) is 0 Å². The highest BCUT2D eigenvalue weighted by atomic mass is 19.4. The fourth-order valence-electron chi connectivity index (χ4n) is 2.08. The van der Waals surface area contributed by atoms with E-state index >= 15 is 0 Å². The van der Waals surface area contributed by atoms with Crippen molar-refractivity contribution in [2.24, 2.45) is 0 Å². The zero-order valence-electron chi connectivity index (χ0n) is 12.7. The molecule has 0 aromatic carbocycles. The van der Waals surface area contributed by atoms with Gasteiger partial charge in [-0.05, 0) is 30.3 Å². The van der Waals surface area contributed by atoms with Crippen LogP contribution >= 0.6 is 0 Å². The third-order valence-electron chi connectivity index (χ3n) is 3.30. The van der Waals surface area contributed by atoms with E-state index in [-0.39, 0.29) is 22.6 Å². The van der Waals surface area contributed by atoms with Crippen LogP contribution in [-0.4, -0.2) is 19.9 Å². The first-order valence-corrected chi connectivity index (χ1v) is 7.05. The summed E-state index contributed by atoms with van der Waals surface area (Å²) >= 11 is 0. The lowest BCUT2D eigenvalue weighted by atomic mass is 10.1. The van der Waals surface area contributed by atoms with Crippen LogP contribution in [0.3, 0.4) is 0 Å². The first-order chi connectivity index (χ1) is 12.1. The SMILES string of the molecule is FC(F)(F)c1ccc(-c2cc(C(F)(F)F)nc(-c3ccncc3)n2)cn1. The lowest BCUT2D eigenvalue weighted by molar-refractivity contribution is -0.141. The van der Waals surface area contributed by atoms with Gasteiger partial charge in [-0.3, -0.25) is 9.97 Å². The smallest absolute Gasteiger partial charge is 0.265 e. The van der Waals surface area contributed by atoms with Crippen LogP contribution in [0.2, 0.25) is 0 Å². The van der Waals surface area contributed by atoms with E-state index in [9.17, 15) is 26.3 Å². The number of nitrogens with zero attached hydrogens (tertiary/aromatic N) is 4. The molecular formula is C16H8F6N4. The van der Waals surface area contributed by atoms with Crippen molar-refractivity contribution in [3.63, 3.8) is 0 Å². The molecular weight excluding hydrogens is 362 g/mol. The van der Waals surface area contributed by atoms with Crippen LogP contribution in [0.25, 0.3) is 22.6 Å². The second-order valence-electron chi connectivity index (χ2n) is 5.13. The Balaban J connectivity index is 2.12. The molecule has 10 heteroatoms. The van der Waals surface area contributed by atoms with Crippen molar-refractivity contribution in [3.8, 4) is 22.6 Å². The molecule has 0 saturated heterocycles. The van der Waals surface area contributed by atoms with Crippen LogP contribution in [-0.2, 0) is 12.4 Å². The Labute approximate surface area is 142 Å². The number of pyridine rings is 2. The molecule has 3 aromatic rings. The zero-order chi connectivity index (χ0) is 18.9. The summed E-state index contributed by atoms with van der Waals surface area (Å²) in [6, 6.07) is 5.19. The summed E-state index contributed by atoms with van der Waals surface area (Å²) in [5, 5.41) is 0. The molecule has 4 nitrogen and oxygen atoms in total. The maximum atomic E-state index is 13.1. The highest BCUT2D eigenvalue weighted by Gasteiger charge is 2.34. The Morgan fingerprint density at radius 1 is 0.692 bits per heavy atom. The van der Waals surface area contributed by atoms with Gasteiger partial charge in [0.25, 0.3) is 0 Å². The van der Waals surface area contributed by atoms with Crippen LogP contribution < -0.4 is 0 Å². The number of hydrogen-bond donors (Lipinski definition) is 0. The number of aromatic nitrogens is 4. The van der Waals surface area contributed by atoms with E-state index in [4.69, 9.17) is 0 Å². The quantitative estimate of drug-likeness (QED) is 0.617. The highest BCUT2D eigenvalue weighted by molar-refractivity contribution is 5.63. The fraction of sp³-hybridized carbons (Fsp3) is 0.125. The molecule has 0 unspecified atom stereocenters. The molecule has 0 radical (unpaired) electrons. The van der Waals surface area contributed by atoms with Crippen LogP contribution in [0, 0.1) is 0 Å². The van der Waals surface area contributed by atoms with Crippen molar-refractivity contribution in [1.29, 1.82) is 0 Å². The Morgan fingerprint density at radius 2 is 1.35 bits per heavy atom. The second-order valence-corrected chi connectivity index (χ2v) is 5.13. The average Bonchev–Trinajstić information content (AvgIpc) is 2.61. The minimum atomic E-state index is -4.75. The molecule has 0 aliphatic rings. The summed E-state index contributed by atoms with van der Waals surface area (Å²) in [4.78, 5) is 14.5.